The number of aromatic nitrogens is 1. The predicted octanol–water partition coefficient (Wildman–Crippen LogP) is 3.81. The molecule has 146 valence electrons. The highest BCUT2D eigenvalue weighted by Gasteiger charge is 2.18. The first kappa shape index (κ1) is 20.0. The fourth-order valence-corrected chi connectivity index (χ4v) is 4.01. The van der Waals surface area contributed by atoms with Gasteiger partial charge in [-0.15, -0.1) is 11.3 Å². The van der Waals surface area contributed by atoms with E-state index in [9.17, 15) is 17.6 Å². The van der Waals surface area contributed by atoms with E-state index in [0.717, 1.165) is 11.8 Å². The maximum absolute atomic E-state index is 13.1. The van der Waals surface area contributed by atoms with Gasteiger partial charge < -0.3 is 5.32 Å². The molecule has 6 nitrogen and oxygen atoms in total. The molecule has 2 aromatic carbocycles. The first-order valence-electron chi connectivity index (χ1n) is 8.32. The van der Waals surface area contributed by atoms with Gasteiger partial charge in [0.2, 0.25) is 10.0 Å². The zero-order chi connectivity index (χ0) is 20.3. The van der Waals surface area contributed by atoms with Gasteiger partial charge in [-0.1, -0.05) is 18.2 Å². The molecule has 0 fully saturated rings. The molecular formula is C19H18FN3O3S2. The third-order valence-corrected chi connectivity index (χ3v) is 5.38. The van der Waals surface area contributed by atoms with Crippen LogP contribution < -0.4 is 10.0 Å². The lowest BCUT2D eigenvalue weighted by Gasteiger charge is -2.18. The number of para-hydroxylation sites is 1. The van der Waals surface area contributed by atoms with Crippen molar-refractivity contribution in [3.05, 3.63) is 71.0 Å². The summed E-state index contributed by atoms with van der Waals surface area (Å²) in [6.45, 7) is 1.76. The molecule has 1 unspecified atom stereocenters. The fourth-order valence-electron chi connectivity index (χ4n) is 2.62. The van der Waals surface area contributed by atoms with Crippen LogP contribution in [0.5, 0.6) is 0 Å². The van der Waals surface area contributed by atoms with Crippen molar-refractivity contribution >= 4 is 33.0 Å². The molecule has 0 aliphatic heterocycles. The SMILES string of the molecule is CC(NC(=O)c1csc(-c2ccc(F)cc2)n1)c1ccccc1NS(C)(=O)=O. The van der Waals surface area contributed by atoms with Crippen molar-refractivity contribution in [1.82, 2.24) is 10.3 Å². The molecule has 1 aromatic heterocycles. The van der Waals surface area contributed by atoms with Gasteiger partial charge in [-0.3, -0.25) is 9.52 Å². The van der Waals surface area contributed by atoms with Crippen molar-refractivity contribution in [2.24, 2.45) is 0 Å². The lowest BCUT2D eigenvalue weighted by Crippen LogP contribution is -2.27. The molecule has 0 aliphatic carbocycles. The van der Waals surface area contributed by atoms with Gasteiger partial charge in [-0.25, -0.2) is 17.8 Å². The zero-order valence-corrected chi connectivity index (χ0v) is 16.8. The third-order valence-electron chi connectivity index (χ3n) is 3.90. The monoisotopic (exact) mass is 419 g/mol. The van der Waals surface area contributed by atoms with Crippen LogP contribution in [0.2, 0.25) is 0 Å². The van der Waals surface area contributed by atoms with E-state index in [1.54, 1.807) is 48.7 Å². The number of rotatable bonds is 6. The van der Waals surface area contributed by atoms with E-state index in [4.69, 9.17) is 0 Å². The predicted molar refractivity (Wildman–Crippen MR) is 108 cm³/mol. The number of anilines is 1. The van der Waals surface area contributed by atoms with Gasteiger partial charge in [0.15, 0.2) is 0 Å². The quantitative estimate of drug-likeness (QED) is 0.636. The van der Waals surface area contributed by atoms with Crippen molar-refractivity contribution in [2.45, 2.75) is 13.0 Å². The molecule has 1 heterocycles. The van der Waals surface area contributed by atoms with Gasteiger partial charge in [0.1, 0.15) is 16.5 Å². The second-order valence-electron chi connectivity index (χ2n) is 6.20. The summed E-state index contributed by atoms with van der Waals surface area (Å²) in [5, 5.41) is 5.06. The van der Waals surface area contributed by atoms with Crippen molar-refractivity contribution in [1.29, 1.82) is 0 Å². The molecular weight excluding hydrogens is 401 g/mol. The van der Waals surface area contributed by atoms with Gasteiger partial charge >= 0.3 is 0 Å². The smallest absolute Gasteiger partial charge is 0.271 e. The molecule has 1 amide bonds. The molecule has 0 radical (unpaired) electrons. The number of amides is 1. The lowest BCUT2D eigenvalue weighted by molar-refractivity contribution is 0.0936. The standard InChI is InChI=1S/C19H18FN3O3S2/c1-12(15-5-3-4-6-16(15)23-28(2,25)26)21-18(24)17-11-27-19(22-17)13-7-9-14(20)10-8-13/h3-12,23H,1-2H3,(H,21,24). The van der Waals surface area contributed by atoms with E-state index in [-0.39, 0.29) is 17.4 Å². The number of benzene rings is 2. The minimum Gasteiger partial charge on any atom is -0.344 e. The van der Waals surface area contributed by atoms with E-state index in [1.165, 1.54) is 23.5 Å². The highest BCUT2D eigenvalue weighted by Crippen LogP contribution is 2.26. The fraction of sp³-hybridized carbons (Fsp3) is 0.158. The topological polar surface area (TPSA) is 88.2 Å². The molecule has 0 spiro atoms. The third kappa shape index (κ3) is 4.93. The number of sulfonamides is 1. The minimum absolute atomic E-state index is 0.240. The van der Waals surface area contributed by atoms with Crippen molar-refractivity contribution in [2.75, 3.05) is 11.0 Å². The number of nitrogens with zero attached hydrogens (tertiary/aromatic N) is 1. The Kier molecular flexibility index (Phi) is 5.76. The van der Waals surface area contributed by atoms with Crippen LogP contribution in [0.25, 0.3) is 10.6 Å². The lowest BCUT2D eigenvalue weighted by atomic mass is 10.1. The Labute approximate surface area is 166 Å². The van der Waals surface area contributed by atoms with Crippen LogP contribution in [0, 0.1) is 5.82 Å². The van der Waals surface area contributed by atoms with Crippen LogP contribution in [-0.2, 0) is 10.0 Å². The second kappa shape index (κ2) is 8.07. The normalized spacial score (nSPS) is 12.4. The van der Waals surface area contributed by atoms with Crippen molar-refractivity contribution < 1.29 is 17.6 Å². The Morgan fingerprint density at radius 3 is 2.50 bits per heavy atom. The Hall–Kier alpha value is -2.78. The number of hydrogen-bond donors (Lipinski definition) is 2. The average Bonchev–Trinajstić information content (AvgIpc) is 3.11. The zero-order valence-electron chi connectivity index (χ0n) is 15.1. The summed E-state index contributed by atoms with van der Waals surface area (Å²) in [4.78, 5) is 16.9. The van der Waals surface area contributed by atoms with Crippen LogP contribution in [0.3, 0.4) is 0 Å². The molecule has 1 atom stereocenters. The molecule has 3 rings (SSSR count). The maximum atomic E-state index is 13.1. The van der Waals surface area contributed by atoms with E-state index in [2.05, 4.69) is 15.0 Å². The van der Waals surface area contributed by atoms with Crippen LogP contribution in [-0.4, -0.2) is 25.6 Å². The molecule has 0 bridgehead atoms. The van der Waals surface area contributed by atoms with Crippen LogP contribution in [0.1, 0.15) is 29.0 Å². The molecule has 0 saturated carbocycles. The Morgan fingerprint density at radius 2 is 1.82 bits per heavy atom. The summed E-state index contributed by atoms with van der Waals surface area (Å²) in [7, 11) is -3.44. The van der Waals surface area contributed by atoms with Crippen LogP contribution >= 0.6 is 11.3 Å². The number of hydrogen-bond acceptors (Lipinski definition) is 5. The molecule has 2 N–H and O–H groups in total. The molecule has 0 saturated heterocycles. The van der Waals surface area contributed by atoms with E-state index >= 15 is 0 Å². The summed E-state index contributed by atoms with van der Waals surface area (Å²) in [5.74, 6) is -0.722. The van der Waals surface area contributed by atoms with Crippen molar-refractivity contribution in [3.8, 4) is 10.6 Å². The van der Waals surface area contributed by atoms with E-state index in [0.29, 0.717) is 16.3 Å². The number of nitrogens with one attached hydrogen (secondary N) is 2. The summed E-state index contributed by atoms with van der Waals surface area (Å²) >= 11 is 1.28. The summed E-state index contributed by atoms with van der Waals surface area (Å²) < 4.78 is 38.6. The number of halogens is 1. The number of thiazole rings is 1. The highest BCUT2D eigenvalue weighted by atomic mass is 32.2. The van der Waals surface area contributed by atoms with Gasteiger partial charge in [0.05, 0.1) is 18.0 Å². The molecule has 0 aliphatic rings. The first-order chi connectivity index (χ1) is 13.2. The van der Waals surface area contributed by atoms with Gasteiger partial charge in [0.25, 0.3) is 5.91 Å². The maximum Gasteiger partial charge on any atom is 0.271 e. The summed E-state index contributed by atoms with van der Waals surface area (Å²) in [6.07, 6.45) is 1.07. The average molecular weight is 420 g/mol. The van der Waals surface area contributed by atoms with Crippen LogP contribution in [0.4, 0.5) is 10.1 Å². The number of carbonyl (C=O) groups excluding carboxylic acids is 1. The van der Waals surface area contributed by atoms with Gasteiger partial charge in [-0.05, 0) is 42.8 Å². The van der Waals surface area contributed by atoms with E-state index < -0.39 is 16.1 Å². The Balaban J connectivity index is 1.76. The van der Waals surface area contributed by atoms with Gasteiger partial charge in [-0.2, -0.15) is 0 Å². The van der Waals surface area contributed by atoms with Gasteiger partial charge in [0, 0.05) is 10.9 Å². The number of carbonyl (C=O) groups is 1. The minimum atomic E-state index is -3.44. The largest absolute Gasteiger partial charge is 0.344 e. The molecule has 9 heteroatoms. The summed E-state index contributed by atoms with van der Waals surface area (Å²) in [6, 6.07) is 12.3. The van der Waals surface area contributed by atoms with E-state index in [1.807, 2.05) is 0 Å². The molecule has 3 aromatic rings. The van der Waals surface area contributed by atoms with Crippen LogP contribution in [0.15, 0.2) is 53.9 Å². The first-order valence-corrected chi connectivity index (χ1v) is 11.1. The Bertz CT molecular complexity index is 1100. The Morgan fingerprint density at radius 1 is 1.14 bits per heavy atom. The summed E-state index contributed by atoms with van der Waals surface area (Å²) in [5.41, 5.74) is 2.00. The second-order valence-corrected chi connectivity index (χ2v) is 8.81. The highest BCUT2D eigenvalue weighted by molar-refractivity contribution is 7.92. The molecule has 28 heavy (non-hydrogen) atoms. The van der Waals surface area contributed by atoms with Crippen molar-refractivity contribution in [3.63, 3.8) is 0 Å².